The first-order chi connectivity index (χ1) is 12.2. The summed E-state index contributed by atoms with van der Waals surface area (Å²) in [6, 6.07) is 11.9. The van der Waals surface area contributed by atoms with Gasteiger partial charge >= 0.3 is 0 Å². The van der Waals surface area contributed by atoms with Crippen molar-refractivity contribution >= 4 is 34.4 Å². The van der Waals surface area contributed by atoms with Crippen LogP contribution in [-0.2, 0) is 11.2 Å². The second kappa shape index (κ2) is 6.85. The fourth-order valence-corrected chi connectivity index (χ4v) is 3.85. The van der Waals surface area contributed by atoms with Crippen LogP contribution in [0.5, 0.6) is 0 Å². The summed E-state index contributed by atoms with van der Waals surface area (Å²) in [4.78, 5) is 22.1. The number of nitrogens with zero attached hydrogens (tertiary/aromatic N) is 3. The number of nitrogens with two attached hydrogens (primary N) is 1. The molecule has 2 N–H and O–H groups in total. The standard InChI is InChI=1S/C18H20N4O2S/c19-14(12-13-4-3-11-25-13)17(23)21-7-9-22(10-8-21)18-20-15-5-1-2-6-16(15)24-18/h1-6,11,14H,7-10,12,19H2/t14-/m0/s1. The number of benzene rings is 1. The molecule has 0 radical (unpaired) electrons. The summed E-state index contributed by atoms with van der Waals surface area (Å²) >= 11 is 1.64. The Labute approximate surface area is 149 Å². The van der Waals surface area contributed by atoms with Gasteiger partial charge in [0.2, 0.25) is 5.91 Å². The molecule has 1 aliphatic heterocycles. The van der Waals surface area contributed by atoms with E-state index in [-0.39, 0.29) is 5.91 Å². The molecule has 25 heavy (non-hydrogen) atoms. The maximum absolute atomic E-state index is 12.6. The van der Waals surface area contributed by atoms with E-state index in [9.17, 15) is 4.79 Å². The number of fused-ring (bicyclic) bond motifs is 1. The van der Waals surface area contributed by atoms with Crippen molar-refractivity contribution in [2.45, 2.75) is 12.5 Å². The highest BCUT2D eigenvalue weighted by Crippen LogP contribution is 2.22. The predicted molar refractivity (Wildman–Crippen MR) is 98.8 cm³/mol. The topological polar surface area (TPSA) is 75.6 Å². The number of anilines is 1. The monoisotopic (exact) mass is 356 g/mol. The van der Waals surface area contributed by atoms with E-state index in [0.29, 0.717) is 38.6 Å². The molecule has 3 heterocycles. The third-order valence-electron chi connectivity index (χ3n) is 4.46. The van der Waals surface area contributed by atoms with Gasteiger partial charge in [0.1, 0.15) is 5.52 Å². The molecule has 2 aromatic heterocycles. The lowest BCUT2D eigenvalue weighted by atomic mass is 10.1. The Morgan fingerprint density at radius 3 is 2.72 bits per heavy atom. The highest BCUT2D eigenvalue weighted by Gasteiger charge is 2.27. The van der Waals surface area contributed by atoms with Gasteiger partial charge in [0.15, 0.2) is 5.58 Å². The van der Waals surface area contributed by atoms with E-state index in [1.807, 2.05) is 46.7 Å². The van der Waals surface area contributed by atoms with Gasteiger partial charge in [-0.15, -0.1) is 11.3 Å². The molecule has 4 rings (SSSR count). The minimum absolute atomic E-state index is 0.0191. The Balaban J connectivity index is 1.36. The number of rotatable bonds is 4. The van der Waals surface area contributed by atoms with Crippen molar-refractivity contribution in [2.24, 2.45) is 5.73 Å². The molecule has 0 unspecified atom stereocenters. The molecule has 1 aliphatic rings. The lowest BCUT2D eigenvalue weighted by molar-refractivity contribution is -0.132. The van der Waals surface area contributed by atoms with Crippen molar-refractivity contribution in [3.63, 3.8) is 0 Å². The number of oxazole rings is 1. The molecule has 0 spiro atoms. The van der Waals surface area contributed by atoms with E-state index in [0.717, 1.165) is 16.0 Å². The SMILES string of the molecule is N[C@@H](Cc1cccs1)C(=O)N1CCN(c2nc3ccccc3o2)CC1. The smallest absolute Gasteiger partial charge is 0.298 e. The van der Waals surface area contributed by atoms with E-state index in [1.54, 1.807) is 11.3 Å². The Kier molecular flexibility index (Phi) is 4.42. The van der Waals surface area contributed by atoms with Crippen LogP contribution in [0.1, 0.15) is 4.88 Å². The lowest BCUT2D eigenvalue weighted by Crippen LogP contribution is -2.53. The summed E-state index contributed by atoms with van der Waals surface area (Å²) in [6.45, 7) is 2.67. The maximum atomic E-state index is 12.6. The number of amides is 1. The fraction of sp³-hybridized carbons (Fsp3) is 0.333. The quantitative estimate of drug-likeness (QED) is 0.775. The maximum Gasteiger partial charge on any atom is 0.298 e. The van der Waals surface area contributed by atoms with Crippen LogP contribution in [0.25, 0.3) is 11.1 Å². The third kappa shape index (κ3) is 3.38. The fourth-order valence-electron chi connectivity index (χ4n) is 3.08. The Morgan fingerprint density at radius 2 is 2.00 bits per heavy atom. The van der Waals surface area contributed by atoms with Crippen LogP contribution in [0, 0.1) is 0 Å². The predicted octanol–water partition coefficient (Wildman–Crippen LogP) is 2.11. The summed E-state index contributed by atoms with van der Waals surface area (Å²) in [5.74, 6) is 0.0191. The second-order valence-corrected chi connectivity index (χ2v) is 7.20. The van der Waals surface area contributed by atoms with Crippen molar-refractivity contribution in [1.29, 1.82) is 0 Å². The molecule has 6 nitrogen and oxygen atoms in total. The van der Waals surface area contributed by atoms with E-state index in [2.05, 4.69) is 9.88 Å². The van der Waals surface area contributed by atoms with Gasteiger partial charge in [-0.3, -0.25) is 4.79 Å². The van der Waals surface area contributed by atoms with Gasteiger partial charge in [-0.2, -0.15) is 4.98 Å². The van der Waals surface area contributed by atoms with Crippen LogP contribution >= 0.6 is 11.3 Å². The molecule has 1 saturated heterocycles. The number of hydrogen-bond acceptors (Lipinski definition) is 6. The zero-order chi connectivity index (χ0) is 17.2. The Bertz CT molecular complexity index is 820. The van der Waals surface area contributed by atoms with Gasteiger partial charge in [-0.25, -0.2) is 0 Å². The lowest BCUT2D eigenvalue weighted by Gasteiger charge is -2.35. The van der Waals surface area contributed by atoms with Gasteiger partial charge in [0.25, 0.3) is 6.01 Å². The van der Waals surface area contributed by atoms with Crippen molar-refractivity contribution in [2.75, 3.05) is 31.1 Å². The Morgan fingerprint density at radius 1 is 1.20 bits per heavy atom. The first-order valence-corrected chi connectivity index (χ1v) is 9.26. The highest BCUT2D eigenvalue weighted by atomic mass is 32.1. The third-order valence-corrected chi connectivity index (χ3v) is 5.36. The molecule has 1 fully saturated rings. The summed E-state index contributed by atoms with van der Waals surface area (Å²) in [5.41, 5.74) is 7.75. The number of carbonyl (C=O) groups excluding carboxylic acids is 1. The zero-order valence-electron chi connectivity index (χ0n) is 13.8. The summed E-state index contributed by atoms with van der Waals surface area (Å²) in [6.07, 6.45) is 0.599. The second-order valence-electron chi connectivity index (χ2n) is 6.17. The van der Waals surface area contributed by atoms with Gasteiger partial charge in [-0.05, 0) is 23.6 Å². The van der Waals surface area contributed by atoms with Crippen molar-refractivity contribution in [1.82, 2.24) is 9.88 Å². The summed E-state index contributed by atoms with van der Waals surface area (Å²) in [7, 11) is 0. The minimum atomic E-state index is -0.477. The van der Waals surface area contributed by atoms with Crippen LogP contribution in [0.2, 0.25) is 0 Å². The van der Waals surface area contributed by atoms with Gasteiger partial charge in [0, 0.05) is 37.5 Å². The molecule has 0 bridgehead atoms. The van der Waals surface area contributed by atoms with Crippen molar-refractivity contribution in [3.05, 3.63) is 46.7 Å². The number of thiophene rings is 1. The molecule has 1 atom stereocenters. The van der Waals surface area contributed by atoms with Gasteiger partial charge < -0.3 is 20.0 Å². The molecule has 0 aliphatic carbocycles. The number of carbonyl (C=O) groups is 1. The molecule has 1 aromatic carbocycles. The van der Waals surface area contributed by atoms with Crippen molar-refractivity contribution < 1.29 is 9.21 Å². The summed E-state index contributed by atoms with van der Waals surface area (Å²) < 4.78 is 5.81. The number of hydrogen-bond donors (Lipinski definition) is 1. The summed E-state index contributed by atoms with van der Waals surface area (Å²) in [5, 5.41) is 2.01. The first-order valence-electron chi connectivity index (χ1n) is 8.38. The van der Waals surface area contributed by atoms with Crippen LogP contribution in [0.15, 0.2) is 46.2 Å². The van der Waals surface area contributed by atoms with Crippen LogP contribution in [0.3, 0.4) is 0 Å². The van der Waals surface area contributed by atoms with E-state index < -0.39 is 6.04 Å². The average molecular weight is 356 g/mol. The van der Waals surface area contributed by atoms with Crippen molar-refractivity contribution in [3.8, 4) is 0 Å². The van der Waals surface area contributed by atoms with E-state index in [1.165, 1.54) is 0 Å². The molecule has 130 valence electrons. The van der Waals surface area contributed by atoms with Gasteiger partial charge in [-0.1, -0.05) is 18.2 Å². The molecule has 3 aromatic rings. The molecule has 1 amide bonds. The van der Waals surface area contributed by atoms with Crippen LogP contribution in [0.4, 0.5) is 6.01 Å². The first kappa shape index (κ1) is 16.1. The number of aromatic nitrogens is 1. The molecular formula is C18H20N4O2S. The van der Waals surface area contributed by atoms with E-state index in [4.69, 9.17) is 10.2 Å². The average Bonchev–Trinajstić information content (AvgIpc) is 3.30. The molecular weight excluding hydrogens is 336 g/mol. The van der Waals surface area contributed by atoms with Crippen LogP contribution in [-0.4, -0.2) is 48.0 Å². The number of para-hydroxylation sites is 2. The Hall–Kier alpha value is -2.38. The molecule has 7 heteroatoms. The largest absolute Gasteiger partial charge is 0.423 e. The van der Waals surface area contributed by atoms with Gasteiger partial charge in [0.05, 0.1) is 6.04 Å². The van der Waals surface area contributed by atoms with E-state index >= 15 is 0 Å². The molecule has 0 saturated carbocycles. The number of piperazine rings is 1. The van der Waals surface area contributed by atoms with Crippen LogP contribution < -0.4 is 10.6 Å². The minimum Gasteiger partial charge on any atom is -0.423 e. The zero-order valence-corrected chi connectivity index (χ0v) is 14.6. The highest BCUT2D eigenvalue weighted by molar-refractivity contribution is 7.09. The normalized spacial score (nSPS) is 16.4.